The molecule has 1 aliphatic heterocycles. The molecule has 0 saturated heterocycles. The molecular weight excluding hydrogens is 454 g/mol. The van der Waals surface area contributed by atoms with Crippen LogP contribution >= 0.6 is 23.1 Å². The van der Waals surface area contributed by atoms with Crippen molar-refractivity contribution in [1.82, 2.24) is 10.2 Å². The summed E-state index contributed by atoms with van der Waals surface area (Å²) in [5.41, 5.74) is 1.23. The quantitative estimate of drug-likeness (QED) is 0.351. The normalized spacial score (nSPS) is 12.0. The number of nitrogens with one attached hydrogen (secondary N) is 3. The Bertz CT molecular complexity index is 1110. The maximum absolute atomic E-state index is 12.3. The van der Waals surface area contributed by atoms with Gasteiger partial charge in [-0.15, -0.1) is 10.2 Å². The van der Waals surface area contributed by atoms with Crippen molar-refractivity contribution in [3.05, 3.63) is 42.5 Å². The highest BCUT2D eigenvalue weighted by Crippen LogP contribution is 2.33. The van der Waals surface area contributed by atoms with Crippen molar-refractivity contribution in [2.24, 2.45) is 0 Å². The molecule has 0 atom stereocenters. The van der Waals surface area contributed by atoms with Gasteiger partial charge in [0.15, 0.2) is 15.8 Å². The highest BCUT2D eigenvalue weighted by molar-refractivity contribution is 8.01. The number of aromatic nitrogens is 2. The highest BCUT2D eigenvalue weighted by Gasteiger charge is 2.14. The van der Waals surface area contributed by atoms with Crippen LogP contribution in [0.1, 0.15) is 0 Å². The number of urea groups is 1. The van der Waals surface area contributed by atoms with E-state index in [0.29, 0.717) is 51.3 Å². The van der Waals surface area contributed by atoms with E-state index in [4.69, 9.17) is 14.2 Å². The number of hydrogen-bond acceptors (Lipinski definition) is 9. The van der Waals surface area contributed by atoms with E-state index < -0.39 is 6.03 Å². The molecule has 12 heteroatoms. The number of nitrogens with zero attached hydrogens (tertiary/aromatic N) is 2. The molecule has 1 aliphatic rings. The Balaban J connectivity index is 1.24. The van der Waals surface area contributed by atoms with E-state index in [2.05, 4.69) is 26.1 Å². The van der Waals surface area contributed by atoms with Gasteiger partial charge in [-0.05, 0) is 36.4 Å². The summed E-state index contributed by atoms with van der Waals surface area (Å²) in [6.07, 6.45) is 0. The molecule has 166 valence electrons. The molecule has 32 heavy (non-hydrogen) atoms. The van der Waals surface area contributed by atoms with Crippen molar-refractivity contribution >= 4 is 51.5 Å². The first-order chi connectivity index (χ1) is 15.6. The fraction of sp³-hybridized carbons (Fsp3) is 0.200. The van der Waals surface area contributed by atoms with E-state index in [1.165, 1.54) is 23.1 Å². The summed E-state index contributed by atoms with van der Waals surface area (Å²) in [7, 11) is 1.57. The maximum atomic E-state index is 12.3. The molecular formula is C20H19N5O5S2. The number of carbonyl (C=O) groups excluding carboxylic acids is 2. The number of hydrogen-bond donors (Lipinski definition) is 3. The van der Waals surface area contributed by atoms with Crippen molar-refractivity contribution in [3.63, 3.8) is 0 Å². The largest absolute Gasteiger partial charge is 0.497 e. The number of thioether (sulfide) groups is 1. The smallest absolute Gasteiger partial charge is 0.325 e. The van der Waals surface area contributed by atoms with Crippen LogP contribution in [0.4, 0.5) is 21.3 Å². The molecule has 4 rings (SSSR count). The maximum Gasteiger partial charge on any atom is 0.325 e. The lowest BCUT2D eigenvalue weighted by atomic mass is 10.2. The number of rotatable bonds is 7. The predicted octanol–water partition coefficient (Wildman–Crippen LogP) is 3.69. The second kappa shape index (κ2) is 10.2. The standard InChI is InChI=1S/C20H19N5O5S2/c1-28-14-5-2-12(3-6-14)22-18(27)23-19-24-25-20(32-19)31-11-17(26)21-13-4-7-15-16(10-13)30-9-8-29-15/h2-7,10H,8-9,11H2,1H3,(H,21,26)(H2,22,23,24,27). The summed E-state index contributed by atoms with van der Waals surface area (Å²) in [6, 6.07) is 11.7. The lowest BCUT2D eigenvalue weighted by molar-refractivity contribution is -0.113. The zero-order valence-electron chi connectivity index (χ0n) is 16.9. The zero-order valence-corrected chi connectivity index (χ0v) is 18.5. The van der Waals surface area contributed by atoms with Crippen LogP contribution in [0.2, 0.25) is 0 Å². The summed E-state index contributed by atoms with van der Waals surface area (Å²) in [4.78, 5) is 24.4. The van der Waals surface area contributed by atoms with Crippen molar-refractivity contribution in [2.45, 2.75) is 4.34 Å². The zero-order chi connectivity index (χ0) is 22.3. The summed E-state index contributed by atoms with van der Waals surface area (Å²) in [5, 5.41) is 16.4. The first-order valence-corrected chi connectivity index (χ1v) is 11.3. The Morgan fingerprint density at radius 3 is 2.53 bits per heavy atom. The van der Waals surface area contributed by atoms with E-state index in [0.717, 1.165) is 0 Å². The molecule has 0 fully saturated rings. The van der Waals surface area contributed by atoms with Crippen LogP contribution < -0.4 is 30.2 Å². The van der Waals surface area contributed by atoms with Gasteiger partial charge >= 0.3 is 6.03 Å². The minimum absolute atomic E-state index is 0.140. The van der Waals surface area contributed by atoms with E-state index in [-0.39, 0.29) is 11.7 Å². The number of carbonyl (C=O) groups is 2. The Labute approximate surface area is 191 Å². The van der Waals surface area contributed by atoms with Crippen molar-refractivity contribution < 1.29 is 23.8 Å². The predicted molar refractivity (Wildman–Crippen MR) is 122 cm³/mol. The first-order valence-electron chi connectivity index (χ1n) is 9.47. The molecule has 10 nitrogen and oxygen atoms in total. The first kappa shape index (κ1) is 21.7. The second-order valence-corrected chi connectivity index (χ2v) is 8.58. The molecule has 0 unspecified atom stereocenters. The van der Waals surface area contributed by atoms with Crippen LogP contribution in [0.5, 0.6) is 17.2 Å². The van der Waals surface area contributed by atoms with Gasteiger partial charge in [-0.25, -0.2) is 4.79 Å². The Morgan fingerprint density at radius 2 is 1.75 bits per heavy atom. The molecule has 1 aromatic heterocycles. The molecule has 3 N–H and O–H groups in total. The van der Waals surface area contributed by atoms with Gasteiger partial charge in [-0.1, -0.05) is 23.1 Å². The van der Waals surface area contributed by atoms with Crippen LogP contribution in [0, 0.1) is 0 Å². The van der Waals surface area contributed by atoms with Gasteiger partial charge in [-0.2, -0.15) is 0 Å². The third kappa shape index (κ3) is 5.80. The summed E-state index contributed by atoms with van der Waals surface area (Å²) < 4.78 is 16.6. The topological polar surface area (TPSA) is 124 Å². The molecule has 0 radical (unpaired) electrons. The number of anilines is 3. The Kier molecular flexibility index (Phi) is 6.92. The fourth-order valence-corrected chi connectivity index (χ4v) is 4.24. The SMILES string of the molecule is COc1ccc(NC(=O)Nc2nnc(SCC(=O)Nc3ccc4c(c3)OCCO4)s2)cc1. The van der Waals surface area contributed by atoms with Crippen LogP contribution in [0.15, 0.2) is 46.8 Å². The average molecular weight is 474 g/mol. The van der Waals surface area contributed by atoms with E-state index in [9.17, 15) is 9.59 Å². The van der Waals surface area contributed by atoms with E-state index in [1.807, 2.05) is 0 Å². The van der Waals surface area contributed by atoms with Crippen LogP contribution in [-0.4, -0.2) is 48.2 Å². The van der Waals surface area contributed by atoms with Gasteiger partial charge < -0.3 is 24.8 Å². The fourth-order valence-electron chi connectivity index (χ4n) is 2.70. The molecule has 3 aromatic rings. The number of amides is 3. The molecule has 0 spiro atoms. The number of fused-ring (bicyclic) bond motifs is 1. The number of methoxy groups -OCH3 is 1. The summed E-state index contributed by atoms with van der Waals surface area (Å²) in [6.45, 7) is 0.989. The van der Waals surface area contributed by atoms with Gasteiger partial charge in [0.1, 0.15) is 19.0 Å². The molecule has 2 heterocycles. The van der Waals surface area contributed by atoms with Gasteiger partial charge in [0, 0.05) is 17.4 Å². The van der Waals surface area contributed by atoms with Crippen molar-refractivity contribution in [2.75, 3.05) is 42.0 Å². The van der Waals surface area contributed by atoms with Gasteiger partial charge in [0.2, 0.25) is 11.0 Å². The molecule has 0 aliphatic carbocycles. The summed E-state index contributed by atoms with van der Waals surface area (Å²) >= 11 is 2.40. The minimum atomic E-state index is -0.445. The third-order valence-corrected chi connectivity index (χ3v) is 6.10. The molecule has 0 saturated carbocycles. The molecule has 0 bridgehead atoms. The lowest BCUT2D eigenvalue weighted by Crippen LogP contribution is -2.19. The monoisotopic (exact) mass is 473 g/mol. The highest BCUT2D eigenvalue weighted by atomic mass is 32.2. The Morgan fingerprint density at radius 1 is 1.00 bits per heavy atom. The van der Waals surface area contributed by atoms with Crippen molar-refractivity contribution in [1.29, 1.82) is 0 Å². The molecule has 3 amide bonds. The average Bonchev–Trinajstić information content (AvgIpc) is 3.25. The van der Waals surface area contributed by atoms with Gasteiger partial charge in [0.05, 0.1) is 12.9 Å². The Hall–Kier alpha value is -3.51. The van der Waals surface area contributed by atoms with E-state index in [1.54, 1.807) is 49.6 Å². The van der Waals surface area contributed by atoms with Crippen LogP contribution in [-0.2, 0) is 4.79 Å². The van der Waals surface area contributed by atoms with Gasteiger partial charge in [-0.3, -0.25) is 10.1 Å². The lowest BCUT2D eigenvalue weighted by Gasteiger charge is -2.18. The number of benzene rings is 2. The summed E-state index contributed by atoms with van der Waals surface area (Å²) in [5.74, 6) is 1.90. The third-order valence-electron chi connectivity index (χ3n) is 4.13. The van der Waals surface area contributed by atoms with Gasteiger partial charge in [0.25, 0.3) is 0 Å². The van der Waals surface area contributed by atoms with E-state index >= 15 is 0 Å². The van der Waals surface area contributed by atoms with Crippen LogP contribution in [0.25, 0.3) is 0 Å². The molecule has 2 aromatic carbocycles. The second-order valence-electron chi connectivity index (χ2n) is 6.38. The number of ether oxygens (including phenoxy) is 3. The van der Waals surface area contributed by atoms with Crippen molar-refractivity contribution in [3.8, 4) is 17.2 Å². The minimum Gasteiger partial charge on any atom is -0.497 e. The van der Waals surface area contributed by atoms with Crippen LogP contribution in [0.3, 0.4) is 0 Å².